The normalized spacial score (nSPS) is 16.1. The smallest absolute Gasteiger partial charge is 0.0696 e. The van der Waals surface area contributed by atoms with Crippen LogP contribution in [0.15, 0.2) is 36.5 Å². The Balaban J connectivity index is 1.67. The predicted octanol–water partition coefficient (Wildman–Crippen LogP) is 4.02. The average molecular weight is 297 g/mol. The van der Waals surface area contributed by atoms with E-state index in [0.717, 1.165) is 18.5 Å². The second-order valence-corrected chi connectivity index (χ2v) is 6.31. The Morgan fingerprint density at radius 2 is 2.00 bits per heavy atom. The van der Waals surface area contributed by atoms with Crippen molar-refractivity contribution >= 4 is 16.5 Å². The van der Waals surface area contributed by atoms with E-state index in [2.05, 4.69) is 42.3 Å². The fraction of sp³-hybridized carbons (Fsp3) is 0.474. The van der Waals surface area contributed by atoms with Crippen molar-refractivity contribution < 1.29 is 0 Å². The Morgan fingerprint density at radius 1 is 1.14 bits per heavy atom. The van der Waals surface area contributed by atoms with Crippen molar-refractivity contribution in [2.45, 2.75) is 39.0 Å². The number of benzene rings is 1. The van der Waals surface area contributed by atoms with Crippen molar-refractivity contribution in [1.29, 1.82) is 0 Å². The zero-order chi connectivity index (χ0) is 15.4. The van der Waals surface area contributed by atoms with Gasteiger partial charge >= 0.3 is 0 Å². The molecule has 0 radical (unpaired) electrons. The van der Waals surface area contributed by atoms with Gasteiger partial charge in [0.2, 0.25) is 0 Å². The molecule has 3 heteroatoms. The van der Waals surface area contributed by atoms with Crippen molar-refractivity contribution in [2.24, 2.45) is 0 Å². The zero-order valence-corrected chi connectivity index (χ0v) is 13.6. The number of fused-ring (bicyclic) bond motifs is 1. The number of aromatic nitrogens is 1. The summed E-state index contributed by atoms with van der Waals surface area (Å²) in [5.74, 6) is 6.08. The van der Waals surface area contributed by atoms with Crippen molar-refractivity contribution in [2.75, 3.05) is 25.5 Å². The molecule has 2 heterocycles. The van der Waals surface area contributed by atoms with Gasteiger partial charge in [0, 0.05) is 30.2 Å². The lowest BCUT2D eigenvalue weighted by Crippen LogP contribution is -2.29. The molecule has 118 valence electrons. The first-order chi connectivity index (χ1) is 10.8. The summed E-state index contributed by atoms with van der Waals surface area (Å²) in [6.07, 6.45) is 11.0. The van der Waals surface area contributed by atoms with Gasteiger partial charge in [-0.3, -0.25) is 9.58 Å². The highest BCUT2D eigenvalue weighted by Crippen LogP contribution is 2.30. The Kier molecular flexibility index (Phi) is 4.84. The molecule has 1 aromatic carbocycles. The standard InChI is InChI=1S/C19H27N3/c1-2-3-4-7-12-21-13-10-16(11-14-21)18-15-22(20)19-9-6-5-8-17(18)19/h5-6,8-10,15H,2-4,7,11-14,20H2,1H3. The molecule has 0 saturated heterocycles. The van der Waals surface area contributed by atoms with Crippen molar-refractivity contribution in [3.63, 3.8) is 0 Å². The summed E-state index contributed by atoms with van der Waals surface area (Å²) in [6, 6.07) is 8.40. The van der Waals surface area contributed by atoms with E-state index in [1.807, 2.05) is 6.07 Å². The summed E-state index contributed by atoms with van der Waals surface area (Å²) in [5, 5.41) is 1.27. The van der Waals surface area contributed by atoms with E-state index < -0.39 is 0 Å². The summed E-state index contributed by atoms with van der Waals surface area (Å²) in [5.41, 5.74) is 3.87. The highest BCUT2D eigenvalue weighted by molar-refractivity contribution is 5.93. The number of nitrogens with zero attached hydrogens (tertiary/aromatic N) is 2. The van der Waals surface area contributed by atoms with Crippen LogP contribution in [-0.4, -0.2) is 29.2 Å². The van der Waals surface area contributed by atoms with E-state index in [1.165, 1.54) is 55.3 Å². The van der Waals surface area contributed by atoms with Crippen LogP contribution in [-0.2, 0) is 0 Å². The quantitative estimate of drug-likeness (QED) is 0.645. The molecule has 0 spiro atoms. The Hall–Kier alpha value is -1.74. The lowest BCUT2D eigenvalue weighted by molar-refractivity contribution is 0.294. The molecule has 0 amide bonds. The summed E-state index contributed by atoms with van der Waals surface area (Å²) in [6.45, 7) is 5.75. The molecule has 22 heavy (non-hydrogen) atoms. The Labute approximate surface area is 133 Å². The van der Waals surface area contributed by atoms with Gasteiger partial charge < -0.3 is 5.84 Å². The van der Waals surface area contributed by atoms with Crippen LogP contribution in [0.5, 0.6) is 0 Å². The average Bonchev–Trinajstić information content (AvgIpc) is 2.90. The van der Waals surface area contributed by atoms with Crippen LogP contribution >= 0.6 is 0 Å². The molecule has 0 saturated carbocycles. The van der Waals surface area contributed by atoms with E-state index in [4.69, 9.17) is 5.84 Å². The van der Waals surface area contributed by atoms with Crippen molar-refractivity contribution in [3.8, 4) is 0 Å². The van der Waals surface area contributed by atoms with Gasteiger partial charge in [0.05, 0.1) is 5.52 Å². The summed E-state index contributed by atoms with van der Waals surface area (Å²) < 4.78 is 1.75. The fourth-order valence-electron chi connectivity index (χ4n) is 3.38. The highest BCUT2D eigenvalue weighted by Gasteiger charge is 2.16. The van der Waals surface area contributed by atoms with Crippen molar-refractivity contribution in [1.82, 2.24) is 9.58 Å². The molecule has 3 nitrogen and oxygen atoms in total. The minimum Gasteiger partial charge on any atom is -0.339 e. The van der Waals surface area contributed by atoms with Crippen LogP contribution in [0.3, 0.4) is 0 Å². The van der Waals surface area contributed by atoms with Crippen LogP contribution in [0.1, 0.15) is 44.6 Å². The van der Waals surface area contributed by atoms with Crippen LogP contribution in [0.4, 0.5) is 0 Å². The van der Waals surface area contributed by atoms with Crippen LogP contribution in [0.2, 0.25) is 0 Å². The highest BCUT2D eigenvalue weighted by atomic mass is 15.3. The first-order valence-electron chi connectivity index (χ1n) is 8.56. The monoisotopic (exact) mass is 297 g/mol. The fourth-order valence-corrected chi connectivity index (χ4v) is 3.38. The van der Waals surface area contributed by atoms with E-state index in [0.29, 0.717) is 0 Å². The first kappa shape index (κ1) is 15.2. The third-order valence-corrected chi connectivity index (χ3v) is 4.71. The molecular formula is C19H27N3. The number of hydrogen-bond acceptors (Lipinski definition) is 2. The Bertz CT molecular complexity index is 654. The van der Waals surface area contributed by atoms with Gasteiger partial charge in [-0.15, -0.1) is 0 Å². The number of nitrogen functional groups attached to an aromatic ring is 1. The van der Waals surface area contributed by atoms with E-state index in [-0.39, 0.29) is 0 Å². The van der Waals surface area contributed by atoms with Crippen LogP contribution in [0.25, 0.3) is 16.5 Å². The summed E-state index contributed by atoms with van der Waals surface area (Å²) >= 11 is 0. The molecule has 2 N–H and O–H groups in total. The van der Waals surface area contributed by atoms with Gasteiger partial charge in [-0.25, -0.2) is 0 Å². The first-order valence-corrected chi connectivity index (χ1v) is 8.56. The lowest BCUT2D eigenvalue weighted by Gasteiger charge is -2.26. The van der Waals surface area contributed by atoms with Gasteiger partial charge in [-0.05, 0) is 31.0 Å². The Morgan fingerprint density at radius 3 is 2.77 bits per heavy atom. The summed E-state index contributed by atoms with van der Waals surface area (Å²) in [7, 11) is 0. The maximum absolute atomic E-state index is 6.08. The van der Waals surface area contributed by atoms with E-state index in [1.54, 1.807) is 4.68 Å². The third-order valence-electron chi connectivity index (χ3n) is 4.71. The van der Waals surface area contributed by atoms with Gasteiger partial charge in [0.25, 0.3) is 0 Å². The topological polar surface area (TPSA) is 34.2 Å². The van der Waals surface area contributed by atoms with E-state index >= 15 is 0 Å². The molecule has 1 aliphatic heterocycles. The molecular weight excluding hydrogens is 270 g/mol. The second kappa shape index (κ2) is 7.01. The molecule has 2 aromatic rings. The molecule has 0 bridgehead atoms. The third kappa shape index (κ3) is 3.20. The largest absolute Gasteiger partial charge is 0.339 e. The molecule has 1 aromatic heterocycles. The number of hydrogen-bond donors (Lipinski definition) is 1. The maximum atomic E-state index is 6.08. The van der Waals surface area contributed by atoms with Gasteiger partial charge in [0.15, 0.2) is 0 Å². The molecule has 0 unspecified atom stereocenters. The SMILES string of the molecule is CCCCCCN1CC=C(c2cn(N)c3ccccc23)CC1. The predicted molar refractivity (Wildman–Crippen MR) is 95.3 cm³/mol. The van der Waals surface area contributed by atoms with E-state index in [9.17, 15) is 0 Å². The summed E-state index contributed by atoms with van der Waals surface area (Å²) in [4.78, 5) is 2.57. The lowest BCUT2D eigenvalue weighted by atomic mass is 9.99. The van der Waals surface area contributed by atoms with Crippen LogP contribution < -0.4 is 5.84 Å². The van der Waals surface area contributed by atoms with Gasteiger partial charge in [0.1, 0.15) is 0 Å². The minimum atomic E-state index is 1.07. The molecule has 0 atom stereocenters. The number of nitrogens with two attached hydrogens (primary N) is 1. The van der Waals surface area contributed by atoms with Gasteiger partial charge in [-0.1, -0.05) is 50.5 Å². The maximum Gasteiger partial charge on any atom is 0.0696 e. The number of para-hydroxylation sites is 1. The number of unbranched alkanes of at least 4 members (excludes halogenated alkanes) is 3. The van der Waals surface area contributed by atoms with Crippen molar-refractivity contribution in [3.05, 3.63) is 42.1 Å². The zero-order valence-electron chi connectivity index (χ0n) is 13.6. The second-order valence-electron chi connectivity index (χ2n) is 6.31. The molecule has 0 aliphatic carbocycles. The number of rotatable bonds is 6. The molecule has 1 aliphatic rings. The molecule has 3 rings (SSSR count). The van der Waals surface area contributed by atoms with Gasteiger partial charge in [-0.2, -0.15) is 0 Å². The molecule has 0 fully saturated rings. The van der Waals surface area contributed by atoms with Crippen LogP contribution in [0, 0.1) is 0 Å². The minimum absolute atomic E-state index is 1.07.